The third-order valence-corrected chi connectivity index (χ3v) is 6.87. The number of fused-ring (bicyclic) bond motifs is 5. The number of hydrogen-bond acceptors (Lipinski definition) is 0. The van der Waals surface area contributed by atoms with Gasteiger partial charge >= 0.3 is 0 Å². The summed E-state index contributed by atoms with van der Waals surface area (Å²) < 4.78 is 4.78. The molecule has 0 amide bonds. The van der Waals surface area contributed by atoms with E-state index in [0.717, 1.165) is 0 Å². The fourth-order valence-corrected chi connectivity index (χ4v) is 5.55. The second-order valence-corrected chi connectivity index (χ2v) is 8.57. The van der Waals surface area contributed by atoms with Crippen LogP contribution in [0.5, 0.6) is 0 Å². The third-order valence-electron chi connectivity index (χ3n) is 6.87. The van der Waals surface area contributed by atoms with E-state index in [1.54, 1.807) is 0 Å². The van der Waals surface area contributed by atoms with Crippen LogP contribution in [0, 0.1) is 6.92 Å². The Balaban J connectivity index is 1.87. The number of aryl methyl sites for hydroxylation is 2. The summed E-state index contributed by atoms with van der Waals surface area (Å²) in [4.78, 5) is 0. The molecule has 0 aliphatic carbocycles. The van der Waals surface area contributed by atoms with Crippen LogP contribution in [0.15, 0.2) is 91.1 Å². The predicted octanol–water partition coefficient (Wildman–Crippen LogP) is 6.79. The predicted molar refractivity (Wildman–Crippen MR) is 130 cm³/mol. The molecule has 0 spiro atoms. The van der Waals surface area contributed by atoms with E-state index in [1.807, 2.05) is 0 Å². The molecule has 0 N–H and O–H groups in total. The second kappa shape index (κ2) is 5.83. The number of benzene rings is 4. The molecule has 0 fully saturated rings. The second-order valence-electron chi connectivity index (χ2n) is 8.57. The molecule has 0 bridgehead atoms. The highest BCUT2D eigenvalue weighted by molar-refractivity contribution is 6.27. The van der Waals surface area contributed by atoms with Crippen molar-refractivity contribution in [3.8, 4) is 11.1 Å². The fourth-order valence-electron chi connectivity index (χ4n) is 5.55. The summed E-state index contributed by atoms with van der Waals surface area (Å²) in [6.07, 6.45) is 2.19. The zero-order chi connectivity index (χ0) is 20.7. The summed E-state index contributed by atoms with van der Waals surface area (Å²) in [6.45, 7) is 2.24. The van der Waals surface area contributed by atoms with E-state index in [1.165, 1.54) is 65.7 Å². The van der Waals surface area contributed by atoms with Gasteiger partial charge in [0.1, 0.15) is 7.05 Å². The van der Waals surface area contributed by atoms with Crippen LogP contribution in [0.1, 0.15) is 5.56 Å². The third kappa shape index (κ3) is 2.04. The van der Waals surface area contributed by atoms with E-state index in [-0.39, 0.29) is 0 Å². The highest BCUT2D eigenvalue weighted by Gasteiger charge is 2.24. The maximum absolute atomic E-state index is 2.49. The Kier molecular flexibility index (Phi) is 3.17. The van der Waals surface area contributed by atoms with Gasteiger partial charge in [0.25, 0.3) is 0 Å². The Hall–Kier alpha value is -3.91. The molecule has 3 heterocycles. The zero-order valence-corrected chi connectivity index (χ0v) is 17.6. The molecule has 31 heavy (non-hydrogen) atoms. The lowest BCUT2D eigenvalue weighted by atomic mass is 9.97. The van der Waals surface area contributed by atoms with Crippen molar-refractivity contribution in [1.29, 1.82) is 0 Å². The minimum atomic E-state index is 1.26. The summed E-state index contributed by atoms with van der Waals surface area (Å²) in [7, 11) is 2.16. The van der Waals surface area contributed by atoms with Gasteiger partial charge in [-0.25, -0.2) is 4.57 Å². The first-order valence-corrected chi connectivity index (χ1v) is 10.8. The Morgan fingerprint density at radius 3 is 2.29 bits per heavy atom. The van der Waals surface area contributed by atoms with Gasteiger partial charge in [0.15, 0.2) is 6.20 Å². The van der Waals surface area contributed by atoms with Crippen molar-refractivity contribution >= 4 is 49.0 Å². The largest absolute Gasteiger partial charge is 0.307 e. The molecule has 0 aliphatic heterocycles. The van der Waals surface area contributed by atoms with Gasteiger partial charge < -0.3 is 4.40 Å². The Morgan fingerprint density at radius 2 is 1.45 bits per heavy atom. The van der Waals surface area contributed by atoms with E-state index < -0.39 is 0 Å². The smallest absolute Gasteiger partial charge is 0.224 e. The molecule has 7 aromatic rings. The van der Waals surface area contributed by atoms with Crippen LogP contribution in [-0.4, -0.2) is 4.40 Å². The first-order valence-electron chi connectivity index (χ1n) is 10.8. The highest BCUT2D eigenvalue weighted by Crippen LogP contribution is 2.43. The summed E-state index contributed by atoms with van der Waals surface area (Å²) >= 11 is 0. The average molecular weight is 398 g/mol. The lowest BCUT2D eigenvalue weighted by molar-refractivity contribution is -0.643. The van der Waals surface area contributed by atoms with E-state index in [2.05, 4.69) is 114 Å². The maximum atomic E-state index is 2.49. The molecule has 3 aromatic heterocycles. The van der Waals surface area contributed by atoms with Crippen molar-refractivity contribution in [3.05, 3.63) is 96.7 Å². The van der Waals surface area contributed by atoms with Gasteiger partial charge in [-0.1, -0.05) is 66.7 Å². The van der Waals surface area contributed by atoms with Crippen molar-refractivity contribution in [2.45, 2.75) is 6.92 Å². The van der Waals surface area contributed by atoms with Crippen molar-refractivity contribution < 1.29 is 4.57 Å². The monoisotopic (exact) mass is 397 g/mol. The van der Waals surface area contributed by atoms with Crippen molar-refractivity contribution in [2.75, 3.05) is 0 Å². The highest BCUT2D eigenvalue weighted by atomic mass is 15.0. The molecule has 146 valence electrons. The summed E-state index contributed by atoms with van der Waals surface area (Å²) in [5, 5.41) is 6.62. The molecule has 0 saturated heterocycles. The first-order chi connectivity index (χ1) is 15.2. The fraction of sp³-hybridized carbons (Fsp3) is 0.0690. The number of hydrogen-bond donors (Lipinski definition) is 0. The van der Waals surface area contributed by atoms with E-state index in [4.69, 9.17) is 0 Å². The van der Waals surface area contributed by atoms with Crippen molar-refractivity contribution in [1.82, 2.24) is 4.40 Å². The van der Waals surface area contributed by atoms with Gasteiger partial charge in [-0.3, -0.25) is 0 Å². The quantitative estimate of drug-likeness (QED) is 0.164. The molecule has 2 nitrogen and oxygen atoms in total. The molecule has 4 aromatic carbocycles. The molecule has 0 radical (unpaired) electrons. The maximum Gasteiger partial charge on any atom is 0.224 e. The SMILES string of the molecule is Cc1ccc2c3c(-c4ccccc4)cccc3n3c4cccc5cc[n+](C)c(c1c23)c54. The lowest BCUT2D eigenvalue weighted by Gasteiger charge is -2.12. The van der Waals surface area contributed by atoms with Gasteiger partial charge in [-0.15, -0.1) is 0 Å². The topological polar surface area (TPSA) is 8.29 Å². The minimum Gasteiger partial charge on any atom is -0.307 e. The summed E-state index contributed by atoms with van der Waals surface area (Å²) in [5.74, 6) is 0. The van der Waals surface area contributed by atoms with Crippen LogP contribution >= 0.6 is 0 Å². The number of rotatable bonds is 1. The van der Waals surface area contributed by atoms with Crippen LogP contribution in [0.3, 0.4) is 0 Å². The van der Waals surface area contributed by atoms with Gasteiger partial charge in [0.05, 0.1) is 27.3 Å². The summed E-state index contributed by atoms with van der Waals surface area (Å²) in [5.41, 5.74) is 9.04. The van der Waals surface area contributed by atoms with Gasteiger partial charge in [0, 0.05) is 16.8 Å². The molecule has 0 aliphatic rings. The van der Waals surface area contributed by atoms with Crippen LogP contribution in [-0.2, 0) is 7.05 Å². The van der Waals surface area contributed by atoms with Crippen molar-refractivity contribution in [2.24, 2.45) is 7.05 Å². The van der Waals surface area contributed by atoms with Crippen LogP contribution in [0.25, 0.3) is 60.1 Å². The molecule has 0 atom stereocenters. The van der Waals surface area contributed by atoms with Crippen LogP contribution in [0.2, 0.25) is 0 Å². The number of nitrogens with zero attached hydrogens (tertiary/aromatic N) is 2. The van der Waals surface area contributed by atoms with E-state index in [0.29, 0.717) is 0 Å². The Labute approximate surface area is 179 Å². The Morgan fingerprint density at radius 1 is 0.677 bits per heavy atom. The molecule has 0 unspecified atom stereocenters. The summed E-state index contributed by atoms with van der Waals surface area (Å²) in [6, 6.07) is 31.0. The van der Waals surface area contributed by atoms with E-state index >= 15 is 0 Å². The normalized spacial score (nSPS) is 12.2. The average Bonchev–Trinajstić information content (AvgIpc) is 3.15. The van der Waals surface area contributed by atoms with Crippen LogP contribution in [0.4, 0.5) is 0 Å². The minimum absolute atomic E-state index is 1.26. The standard InChI is InChI=1S/C29H21N2/c1-18-14-15-22-27-21(19-8-4-3-5-9-19)11-7-13-24(27)31-23-12-6-10-20-16-17-30(2)29(26(20)23)25(18)28(22)31/h3-17H,1-2H3/q+1. The van der Waals surface area contributed by atoms with Crippen molar-refractivity contribution in [3.63, 3.8) is 0 Å². The lowest BCUT2D eigenvalue weighted by Crippen LogP contribution is -2.28. The van der Waals surface area contributed by atoms with Gasteiger partial charge in [-0.05, 0) is 41.1 Å². The number of pyridine rings is 2. The molecule has 0 saturated carbocycles. The molecule has 7 rings (SSSR count). The number of aromatic nitrogens is 2. The first kappa shape index (κ1) is 16.8. The van der Waals surface area contributed by atoms with Crippen LogP contribution < -0.4 is 4.57 Å². The van der Waals surface area contributed by atoms with Gasteiger partial charge in [-0.2, -0.15) is 0 Å². The Bertz CT molecular complexity index is 1790. The molecule has 2 heteroatoms. The molecular weight excluding hydrogens is 376 g/mol. The van der Waals surface area contributed by atoms with Gasteiger partial charge in [0.2, 0.25) is 5.52 Å². The van der Waals surface area contributed by atoms with E-state index in [9.17, 15) is 0 Å². The zero-order valence-electron chi connectivity index (χ0n) is 17.6. The molecular formula is C29H21N2+.